The van der Waals surface area contributed by atoms with Gasteiger partial charge in [-0.15, -0.1) is 0 Å². The second kappa shape index (κ2) is 53.0. The molecule has 0 fully saturated rings. The molecular formula is C56H112N2O8S2. The number of aliphatic hydroxyl groups excluding tert-OH is 4. The molecule has 68 heavy (non-hydrogen) atoms. The lowest BCUT2D eigenvalue weighted by Gasteiger charge is -2.27. The molecule has 4 atom stereocenters. The number of ether oxygens (including phenoxy) is 2. The average Bonchev–Trinajstić information content (AvgIpc) is 3.31. The summed E-state index contributed by atoms with van der Waals surface area (Å²) in [6, 6.07) is 0. The van der Waals surface area contributed by atoms with Gasteiger partial charge in [-0.25, -0.2) is 0 Å². The van der Waals surface area contributed by atoms with Crippen LogP contribution in [0.15, 0.2) is 0 Å². The van der Waals surface area contributed by atoms with E-state index in [1.807, 2.05) is 0 Å². The highest BCUT2D eigenvalue weighted by Crippen LogP contribution is 2.17. The largest absolute Gasteiger partial charge is 0.392 e. The molecule has 0 saturated carbocycles. The van der Waals surface area contributed by atoms with Crippen molar-refractivity contribution in [2.75, 3.05) is 77.2 Å². The molecule has 0 radical (unpaired) electrons. The van der Waals surface area contributed by atoms with E-state index in [0.717, 1.165) is 90.1 Å². The van der Waals surface area contributed by atoms with Crippen LogP contribution in [0.5, 0.6) is 0 Å². The first kappa shape index (κ1) is 67.7. The number of carbonyl (C=O) groups is 2. The van der Waals surface area contributed by atoms with E-state index in [1.54, 1.807) is 0 Å². The van der Waals surface area contributed by atoms with E-state index < -0.39 is 0 Å². The number of unbranched alkanes of at least 4 members (excludes halogenated alkanes) is 22. The van der Waals surface area contributed by atoms with Crippen molar-refractivity contribution in [1.82, 2.24) is 9.80 Å². The molecule has 10 nitrogen and oxygen atoms in total. The fourth-order valence-electron chi connectivity index (χ4n) is 8.82. The Balaban J connectivity index is 4.28. The van der Waals surface area contributed by atoms with E-state index in [0.29, 0.717) is 77.0 Å². The van der Waals surface area contributed by atoms with E-state index in [-0.39, 0.29) is 34.6 Å². The van der Waals surface area contributed by atoms with Crippen molar-refractivity contribution in [2.24, 2.45) is 0 Å². The SMILES string of the molecule is CCCCCCCCC(O)CN(CCCCC(=O)SCCOCCOCCSC(=O)CCCCN(CC(O)CCCCCCCC)CC(O)CCCCCCCC)CC(O)CCCCCCCC. The van der Waals surface area contributed by atoms with Crippen molar-refractivity contribution >= 4 is 33.8 Å². The van der Waals surface area contributed by atoms with Crippen LogP contribution in [0.4, 0.5) is 0 Å². The van der Waals surface area contributed by atoms with Gasteiger partial charge in [0.25, 0.3) is 0 Å². The number of carbonyl (C=O) groups excluding carboxylic acids is 2. The zero-order chi connectivity index (χ0) is 50.0. The molecule has 0 aromatic carbocycles. The maximum absolute atomic E-state index is 12.6. The predicted molar refractivity (Wildman–Crippen MR) is 293 cm³/mol. The number of nitrogens with zero attached hydrogens (tertiary/aromatic N) is 2. The lowest BCUT2D eigenvalue weighted by Crippen LogP contribution is -2.38. The Morgan fingerprint density at radius 1 is 0.368 bits per heavy atom. The summed E-state index contributed by atoms with van der Waals surface area (Å²) < 4.78 is 11.4. The Kier molecular flexibility index (Phi) is 52.8. The van der Waals surface area contributed by atoms with Gasteiger partial charge < -0.3 is 29.9 Å². The van der Waals surface area contributed by atoms with Gasteiger partial charge in [-0.2, -0.15) is 0 Å². The molecule has 0 aromatic rings. The highest BCUT2D eigenvalue weighted by atomic mass is 32.2. The van der Waals surface area contributed by atoms with Crippen molar-refractivity contribution < 1.29 is 39.5 Å². The van der Waals surface area contributed by atoms with Crippen LogP contribution in [-0.4, -0.2) is 142 Å². The van der Waals surface area contributed by atoms with E-state index >= 15 is 0 Å². The highest BCUT2D eigenvalue weighted by Gasteiger charge is 2.18. The van der Waals surface area contributed by atoms with Crippen LogP contribution >= 0.6 is 23.5 Å². The fourth-order valence-corrected chi connectivity index (χ4v) is 10.3. The van der Waals surface area contributed by atoms with Crippen LogP contribution in [0.25, 0.3) is 0 Å². The fraction of sp³-hybridized carbons (Fsp3) is 0.964. The maximum Gasteiger partial charge on any atom is 0.189 e. The molecule has 0 rings (SSSR count). The molecule has 0 aromatic heterocycles. The normalized spacial score (nSPS) is 13.7. The lowest BCUT2D eigenvalue weighted by molar-refractivity contribution is -0.111. The van der Waals surface area contributed by atoms with Gasteiger partial charge in [-0.1, -0.05) is 205 Å². The Morgan fingerprint density at radius 2 is 0.632 bits per heavy atom. The van der Waals surface area contributed by atoms with Crippen molar-refractivity contribution in [1.29, 1.82) is 0 Å². The molecule has 4 unspecified atom stereocenters. The smallest absolute Gasteiger partial charge is 0.189 e. The van der Waals surface area contributed by atoms with Crippen LogP contribution in [0, 0.1) is 0 Å². The molecule has 0 aliphatic carbocycles. The number of hydrogen-bond donors (Lipinski definition) is 4. The zero-order valence-corrected chi connectivity index (χ0v) is 46.6. The third kappa shape index (κ3) is 49.3. The highest BCUT2D eigenvalue weighted by molar-refractivity contribution is 8.13. The molecule has 12 heteroatoms. The number of thioether (sulfide) groups is 2. The first-order valence-electron chi connectivity index (χ1n) is 28.8. The van der Waals surface area contributed by atoms with Crippen LogP contribution in [0.2, 0.25) is 0 Å². The number of hydrogen-bond acceptors (Lipinski definition) is 12. The summed E-state index contributed by atoms with van der Waals surface area (Å²) in [5.74, 6) is 1.23. The third-order valence-corrected chi connectivity index (χ3v) is 14.8. The van der Waals surface area contributed by atoms with Crippen molar-refractivity contribution in [3.63, 3.8) is 0 Å². The molecule has 4 N–H and O–H groups in total. The summed E-state index contributed by atoms with van der Waals surface area (Å²) in [6.45, 7) is 14.7. The van der Waals surface area contributed by atoms with Crippen molar-refractivity contribution in [3.05, 3.63) is 0 Å². The molecule has 0 bridgehead atoms. The molecule has 0 aliphatic heterocycles. The Hall–Kier alpha value is -0.280. The first-order chi connectivity index (χ1) is 33.1. The summed E-state index contributed by atoms with van der Waals surface area (Å²) in [7, 11) is 0. The Labute approximate surface area is 428 Å². The van der Waals surface area contributed by atoms with Gasteiger partial charge in [0.05, 0.1) is 50.8 Å². The molecule has 0 saturated heterocycles. The van der Waals surface area contributed by atoms with Crippen molar-refractivity contribution in [3.8, 4) is 0 Å². The third-order valence-electron chi connectivity index (χ3n) is 13.0. The summed E-state index contributed by atoms with van der Waals surface area (Å²) >= 11 is 2.65. The number of aliphatic hydroxyl groups is 4. The van der Waals surface area contributed by atoms with Crippen LogP contribution < -0.4 is 0 Å². The summed E-state index contributed by atoms with van der Waals surface area (Å²) in [5.41, 5.74) is 0. The molecule has 406 valence electrons. The first-order valence-corrected chi connectivity index (χ1v) is 30.8. The minimum atomic E-state index is -0.380. The Bertz CT molecular complexity index is 936. The van der Waals surface area contributed by atoms with Gasteiger partial charge in [-0.05, 0) is 64.5 Å². The second-order valence-corrected chi connectivity index (χ2v) is 22.2. The van der Waals surface area contributed by atoms with Gasteiger partial charge in [0.15, 0.2) is 10.2 Å². The summed E-state index contributed by atoms with van der Waals surface area (Å²) in [5, 5.41) is 43.7. The van der Waals surface area contributed by atoms with Crippen LogP contribution in [0.3, 0.4) is 0 Å². The molecule has 0 heterocycles. The second-order valence-electron chi connectivity index (χ2n) is 19.9. The molecule has 0 aliphatic rings. The standard InChI is InChI=1S/C56H112N2O8S2/c1-5-9-13-17-21-25-33-51(59)47-57(48-52(60)34-26-22-18-14-10-6-2)39-31-29-37-55(63)67-45-43-65-41-42-66-44-46-68-56(64)38-30-32-40-58(49-53(61)35-27-23-19-15-11-7-3)50-54(62)36-28-24-20-16-12-8-4/h51-54,59-62H,5-50H2,1-4H3. The zero-order valence-electron chi connectivity index (χ0n) is 45.0. The van der Waals surface area contributed by atoms with E-state index in [2.05, 4.69) is 37.5 Å². The number of rotatable bonds is 55. The van der Waals surface area contributed by atoms with Gasteiger partial charge in [0, 0.05) is 50.5 Å². The molecule has 0 amide bonds. The average molecular weight is 1010 g/mol. The van der Waals surface area contributed by atoms with E-state index in [9.17, 15) is 30.0 Å². The maximum atomic E-state index is 12.6. The van der Waals surface area contributed by atoms with Gasteiger partial charge in [0.2, 0.25) is 0 Å². The minimum Gasteiger partial charge on any atom is -0.392 e. The topological polar surface area (TPSA) is 140 Å². The minimum absolute atomic E-state index is 0.178. The molecular weight excluding hydrogens is 893 g/mol. The van der Waals surface area contributed by atoms with Crippen LogP contribution in [-0.2, 0) is 19.1 Å². The lowest BCUT2D eigenvalue weighted by atomic mass is 10.1. The predicted octanol–water partition coefficient (Wildman–Crippen LogP) is 12.9. The quantitative estimate of drug-likeness (QED) is 0.0431. The monoisotopic (exact) mass is 1000 g/mol. The summed E-state index contributed by atoms with van der Waals surface area (Å²) in [4.78, 5) is 29.6. The van der Waals surface area contributed by atoms with Crippen LogP contribution in [0.1, 0.15) is 246 Å². The summed E-state index contributed by atoms with van der Waals surface area (Å²) in [6.07, 6.45) is 35.1. The van der Waals surface area contributed by atoms with Gasteiger partial charge >= 0.3 is 0 Å². The van der Waals surface area contributed by atoms with Crippen molar-refractivity contribution in [2.45, 2.75) is 270 Å². The Morgan fingerprint density at radius 3 is 0.912 bits per heavy atom. The molecule has 0 spiro atoms. The van der Waals surface area contributed by atoms with Gasteiger partial charge in [-0.3, -0.25) is 19.4 Å². The van der Waals surface area contributed by atoms with E-state index in [4.69, 9.17) is 9.47 Å². The van der Waals surface area contributed by atoms with E-state index in [1.165, 1.54) is 152 Å². The van der Waals surface area contributed by atoms with Gasteiger partial charge in [0.1, 0.15) is 0 Å².